The van der Waals surface area contributed by atoms with Crippen molar-refractivity contribution < 1.29 is 13.2 Å². The SMILES string of the molecule is C[C@@H]1CNC[C@H](C(F)(F)F)C1. The number of hydrogen-bond acceptors (Lipinski definition) is 1. The lowest BCUT2D eigenvalue weighted by molar-refractivity contribution is -0.181. The summed E-state index contributed by atoms with van der Waals surface area (Å²) in [5.74, 6) is -0.985. The molecule has 1 saturated heterocycles. The van der Waals surface area contributed by atoms with Gasteiger partial charge in [0.25, 0.3) is 0 Å². The van der Waals surface area contributed by atoms with E-state index >= 15 is 0 Å². The third-order valence-corrected chi connectivity index (χ3v) is 2.03. The van der Waals surface area contributed by atoms with Gasteiger partial charge in [-0.1, -0.05) is 6.92 Å². The summed E-state index contributed by atoms with van der Waals surface area (Å²) >= 11 is 0. The van der Waals surface area contributed by atoms with Gasteiger partial charge in [0.05, 0.1) is 5.92 Å². The topological polar surface area (TPSA) is 12.0 Å². The lowest BCUT2D eigenvalue weighted by atomic mass is 9.91. The van der Waals surface area contributed by atoms with Crippen LogP contribution in [-0.4, -0.2) is 19.3 Å². The summed E-state index contributed by atoms with van der Waals surface area (Å²) in [6, 6.07) is 0. The molecule has 1 rings (SSSR count). The quantitative estimate of drug-likeness (QED) is 0.580. The van der Waals surface area contributed by atoms with Crippen molar-refractivity contribution in [1.29, 1.82) is 0 Å². The van der Waals surface area contributed by atoms with E-state index in [9.17, 15) is 13.2 Å². The van der Waals surface area contributed by atoms with Crippen molar-refractivity contribution in [2.24, 2.45) is 11.8 Å². The average Bonchev–Trinajstić information content (AvgIpc) is 1.86. The lowest BCUT2D eigenvalue weighted by Gasteiger charge is -2.29. The molecular formula is C7H12F3N. The molecule has 1 nitrogen and oxygen atoms in total. The van der Waals surface area contributed by atoms with Crippen LogP contribution in [0.5, 0.6) is 0 Å². The minimum Gasteiger partial charge on any atom is -0.316 e. The van der Waals surface area contributed by atoms with E-state index in [-0.39, 0.29) is 18.9 Å². The Morgan fingerprint density at radius 2 is 1.91 bits per heavy atom. The second-order valence-corrected chi connectivity index (χ2v) is 3.24. The van der Waals surface area contributed by atoms with Crippen LogP contribution in [0.2, 0.25) is 0 Å². The zero-order valence-electron chi connectivity index (χ0n) is 6.41. The smallest absolute Gasteiger partial charge is 0.316 e. The second-order valence-electron chi connectivity index (χ2n) is 3.24. The van der Waals surface area contributed by atoms with E-state index in [1.165, 1.54) is 0 Å². The predicted molar refractivity (Wildman–Crippen MR) is 36.2 cm³/mol. The molecule has 1 heterocycles. The summed E-state index contributed by atoms with van der Waals surface area (Å²) in [5.41, 5.74) is 0. The van der Waals surface area contributed by atoms with E-state index in [1.807, 2.05) is 6.92 Å². The van der Waals surface area contributed by atoms with E-state index < -0.39 is 12.1 Å². The van der Waals surface area contributed by atoms with Crippen molar-refractivity contribution in [3.8, 4) is 0 Å². The Kier molecular flexibility index (Phi) is 2.42. The molecule has 2 atom stereocenters. The molecule has 0 saturated carbocycles. The third-order valence-electron chi connectivity index (χ3n) is 2.03. The van der Waals surface area contributed by atoms with Gasteiger partial charge in [-0.25, -0.2) is 0 Å². The molecule has 0 spiro atoms. The van der Waals surface area contributed by atoms with Gasteiger partial charge in [0.15, 0.2) is 0 Å². The normalized spacial score (nSPS) is 33.8. The van der Waals surface area contributed by atoms with E-state index in [2.05, 4.69) is 5.32 Å². The molecule has 0 aromatic carbocycles. The van der Waals surface area contributed by atoms with Crippen LogP contribution in [0.1, 0.15) is 13.3 Å². The average molecular weight is 167 g/mol. The molecule has 0 radical (unpaired) electrons. The molecule has 4 heteroatoms. The summed E-state index contributed by atoms with van der Waals surface area (Å²) in [7, 11) is 0. The van der Waals surface area contributed by atoms with Gasteiger partial charge in [0, 0.05) is 6.54 Å². The Labute approximate surface area is 64.0 Å². The number of halogens is 3. The number of piperidine rings is 1. The fourth-order valence-electron chi connectivity index (χ4n) is 1.41. The fraction of sp³-hybridized carbons (Fsp3) is 1.00. The molecule has 0 unspecified atom stereocenters. The van der Waals surface area contributed by atoms with Gasteiger partial charge in [-0.15, -0.1) is 0 Å². The number of alkyl halides is 3. The minimum absolute atomic E-state index is 0.0911. The fourth-order valence-corrected chi connectivity index (χ4v) is 1.41. The molecular weight excluding hydrogens is 155 g/mol. The van der Waals surface area contributed by atoms with Crippen molar-refractivity contribution in [2.75, 3.05) is 13.1 Å². The monoisotopic (exact) mass is 167 g/mol. The van der Waals surface area contributed by atoms with Gasteiger partial charge in [0.1, 0.15) is 0 Å². The molecule has 11 heavy (non-hydrogen) atoms. The zero-order chi connectivity index (χ0) is 8.48. The molecule has 1 aliphatic heterocycles. The molecule has 1 aliphatic rings. The molecule has 1 N–H and O–H groups in total. The van der Waals surface area contributed by atoms with E-state index in [0.717, 1.165) is 0 Å². The van der Waals surface area contributed by atoms with E-state index in [0.29, 0.717) is 6.54 Å². The highest BCUT2D eigenvalue weighted by Crippen LogP contribution is 2.32. The molecule has 1 fully saturated rings. The second kappa shape index (κ2) is 3.01. The Morgan fingerprint density at radius 1 is 1.27 bits per heavy atom. The Bertz CT molecular complexity index is 132. The molecule has 0 aromatic heterocycles. The summed E-state index contributed by atoms with van der Waals surface area (Å²) in [6.45, 7) is 2.64. The molecule has 66 valence electrons. The van der Waals surface area contributed by atoms with Crippen LogP contribution in [0.4, 0.5) is 13.2 Å². The van der Waals surface area contributed by atoms with Crippen molar-refractivity contribution in [2.45, 2.75) is 19.5 Å². The summed E-state index contributed by atoms with van der Waals surface area (Å²) in [4.78, 5) is 0. The van der Waals surface area contributed by atoms with Gasteiger partial charge >= 0.3 is 6.18 Å². The maximum Gasteiger partial charge on any atom is 0.393 e. The summed E-state index contributed by atoms with van der Waals surface area (Å²) in [6.07, 6.45) is -3.74. The van der Waals surface area contributed by atoms with Crippen molar-refractivity contribution in [1.82, 2.24) is 5.32 Å². The van der Waals surface area contributed by atoms with Crippen LogP contribution < -0.4 is 5.32 Å². The van der Waals surface area contributed by atoms with Crippen molar-refractivity contribution in [3.05, 3.63) is 0 Å². The number of nitrogens with one attached hydrogen (secondary N) is 1. The van der Waals surface area contributed by atoms with E-state index in [4.69, 9.17) is 0 Å². The summed E-state index contributed by atoms with van der Waals surface area (Å²) < 4.78 is 36.2. The largest absolute Gasteiger partial charge is 0.393 e. The van der Waals surface area contributed by atoms with Gasteiger partial charge in [-0.3, -0.25) is 0 Å². The lowest BCUT2D eigenvalue weighted by Crippen LogP contribution is -2.41. The highest BCUT2D eigenvalue weighted by Gasteiger charge is 2.41. The third kappa shape index (κ3) is 2.36. The first-order chi connectivity index (χ1) is 5.00. The first kappa shape index (κ1) is 8.84. The van der Waals surface area contributed by atoms with Crippen LogP contribution in [0.3, 0.4) is 0 Å². The van der Waals surface area contributed by atoms with Crippen LogP contribution >= 0.6 is 0 Å². The highest BCUT2D eigenvalue weighted by molar-refractivity contribution is 4.78. The Hall–Kier alpha value is -0.250. The van der Waals surface area contributed by atoms with Crippen LogP contribution in [-0.2, 0) is 0 Å². The van der Waals surface area contributed by atoms with Gasteiger partial charge in [-0.05, 0) is 18.9 Å². The zero-order valence-corrected chi connectivity index (χ0v) is 6.41. The molecule has 0 aliphatic carbocycles. The first-order valence-electron chi connectivity index (χ1n) is 3.77. The standard InChI is InChI=1S/C7H12F3N/c1-5-2-6(4-11-3-5)7(8,9)10/h5-6,11H,2-4H2,1H3/t5-,6+/m0/s1. The van der Waals surface area contributed by atoms with Gasteiger partial charge < -0.3 is 5.32 Å². The van der Waals surface area contributed by atoms with Crippen LogP contribution in [0, 0.1) is 11.8 Å². The van der Waals surface area contributed by atoms with Crippen molar-refractivity contribution >= 4 is 0 Å². The van der Waals surface area contributed by atoms with Gasteiger partial charge in [0.2, 0.25) is 0 Å². The number of rotatable bonds is 0. The maximum atomic E-state index is 12.1. The Morgan fingerprint density at radius 3 is 2.27 bits per heavy atom. The summed E-state index contributed by atoms with van der Waals surface area (Å²) in [5, 5.41) is 2.77. The molecule has 0 aromatic rings. The van der Waals surface area contributed by atoms with Crippen LogP contribution in [0.25, 0.3) is 0 Å². The molecule has 0 bridgehead atoms. The molecule has 0 amide bonds. The maximum absolute atomic E-state index is 12.1. The first-order valence-corrected chi connectivity index (χ1v) is 3.77. The highest BCUT2D eigenvalue weighted by atomic mass is 19.4. The van der Waals surface area contributed by atoms with Gasteiger partial charge in [-0.2, -0.15) is 13.2 Å². The van der Waals surface area contributed by atoms with Crippen molar-refractivity contribution in [3.63, 3.8) is 0 Å². The van der Waals surface area contributed by atoms with Crippen LogP contribution in [0.15, 0.2) is 0 Å². The van der Waals surface area contributed by atoms with E-state index in [1.54, 1.807) is 0 Å². The minimum atomic E-state index is -4.01. The predicted octanol–water partition coefficient (Wildman–Crippen LogP) is 1.79. The Balaban J connectivity index is 2.46. The number of hydrogen-bond donors (Lipinski definition) is 1.